The summed E-state index contributed by atoms with van der Waals surface area (Å²) in [6.07, 6.45) is 23.1. The van der Waals surface area contributed by atoms with Gasteiger partial charge in [0, 0.05) is 11.4 Å². The van der Waals surface area contributed by atoms with E-state index in [4.69, 9.17) is 0 Å². The zero-order valence-electron chi connectivity index (χ0n) is 33.0. The van der Waals surface area contributed by atoms with Crippen LogP contribution in [-0.2, 0) is 6.42 Å². The molecule has 0 atom stereocenters. The molecule has 4 N–H and O–H groups in total. The molecule has 0 saturated heterocycles. The van der Waals surface area contributed by atoms with Crippen LogP contribution in [0.3, 0.4) is 0 Å². The van der Waals surface area contributed by atoms with E-state index in [0.717, 1.165) is 48.7 Å². The van der Waals surface area contributed by atoms with Gasteiger partial charge in [-0.2, -0.15) is 0 Å². The van der Waals surface area contributed by atoms with Crippen molar-refractivity contribution in [1.29, 1.82) is 0 Å². The maximum absolute atomic E-state index is 12.9. The highest BCUT2D eigenvalue weighted by Crippen LogP contribution is 2.18. The quantitative estimate of drug-likeness (QED) is 0.0481. The van der Waals surface area contributed by atoms with Crippen LogP contribution in [0.5, 0.6) is 0 Å². The average molecular weight is 707 g/mol. The van der Waals surface area contributed by atoms with Crippen molar-refractivity contribution in [3.05, 3.63) is 59.7 Å². The van der Waals surface area contributed by atoms with Gasteiger partial charge in [0.1, 0.15) is 0 Å². The number of amides is 4. The second-order valence-electron chi connectivity index (χ2n) is 14.3. The van der Waals surface area contributed by atoms with E-state index < -0.39 is 0 Å². The Morgan fingerprint density at radius 1 is 0.471 bits per heavy atom. The standard InChI is InChI=1S/C43H74N6O2/c1-5-9-13-17-21-31-48(29-19-15-11-7-3)36-44-42(50)46-40-27-23-25-38(34-40)33-39-26-24-28-41(35-39)47-43(51)45-37-49(30-20-16-12-8-4)32-22-18-14-10-6-2/h23-28,34-35H,5-22,29-33,36-37H2,1-4H3,(H2,44,46,50)(H2,45,47,51). The number of rotatable bonds is 30. The Morgan fingerprint density at radius 2 is 0.804 bits per heavy atom. The van der Waals surface area contributed by atoms with Gasteiger partial charge in [0.15, 0.2) is 0 Å². The summed E-state index contributed by atoms with van der Waals surface area (Å²) in [5, 5.41) is 12.3. The van der Waals surface area contributed by atoms with E-state index in [1.165, 1.54) is 116 Å². The summed E-state index contributed by atoms with van der Waals surface area (Å²) in [6.45, 7) is 14.2. The van der Waals surface area contributed by atoms with Crippen molar-refractivity contribution in [3.8, 4) is 0 Å². The minimum Gasteiger partial charge on any atom is -0.325 e. The monoisotopic (exact) mass is 707 g/mol. The lowest BCUT2D eigenvalue weighted by atomic mass is 10.0. The van der Waals surface area contributed by atoms with Crippen molar-refractivity contribution in [1.82, 2.24) is 20.4 Å². The number of anilines is 2. The van der Waals surface area contributed by atoms with E-state index in [1.807, 2.05) is 36.4 Å². The van der Waals surface area contributed by atoms with E-state index in [2.05, 4.69) is 70.9 Å². The van der Waals surface area contributed by atoms with Gasteiger partial charge in [-0.05, 0) is 93.7 Å². The molecule has 4 amide bonds. The molecule has 2 aromatic carbocycles. The van der Waals surface area contributed by atoms with Gasteiger partial charge < -0.3 is 21.3 Å². The van der Waals surface area contributed by atoms with Gasteiger partial charge >= 0.3 is 12.1 Å². The normalized spacial score (nSPS) is 11.3. The van der Waals surface area contributed by atoms with Crippen molar-refractivity contribution in [2.24, 2.45) is 0 Å². The summed E-state index contributed by atoms with van der Waals surface area (Å²) < 4.78 is 0. The second kappa shape index (κ2) is 29.5. The van der Waals surface area contributed by atoms with Crippen LogP contribution >= 0.6 is 0 Å². The van der Waals surface area contributed by atoms with Gasteiger partial charge in [-0.1, -0.05) is 142 Å². The van der Waals surface area contributed by atoms with Gasteiger partial charge in [-0.15, -0.1) is 0 Å². The number of hydrogen-bond donors (Lipinski definition) is 4. The molecule has 2 rings (SSSR count). The summed E-state index contributed by atoms with van der Waals surface area (Å²) in [5.41, 5.74) is 3.74. The van der Waals surface area contributed by atoms with Gasteiger partial charge in [0.2, 0.25) is 0 Å². The molecular weight excluding hydrogens is 633 g/mol. The third-order valence-corrected chi connectivity index (χ3v) is 9.52. The largest absolute Gasteiger partial charge is 0.325 e. The maximum atomic E-state index is 12.9. The Morgan fingerprint density at radius 3 is 1.16 bits per heavy atom. The Kier molecular flexibility index (Phi) is 25.5. The highest BCUT2D eigenvalue weighted by molar-refractivity contribution is 5.89. The van der Waals surface area contributed by atoms with Crippen molar-refractivity contribution < 1.29 is 9.59 Å². The van der Waals surface area contributed by atoms with E-state index in [9.17, 15) is 9.59 Å². The topological polar surface area (TPSA) is 88.7 Å². The van der Waals surface area contributed by atoms with Crippen LogP contribution in [0.4, 0.5) is 21.0 Å². The van der Waals surface area contributed by atoms with Crippen LogP contribution in [0.1, 0.15) is 154 Å². The molecule has 288 valence electrons. The second-order valence-corrected chi connectivity index (χ2v) is 14.3. The predicted molar refractivity (Wildman–Crippen MR) is 219 cm³/mol. The highest BCUT2D eigenvalue weighted by Gasteiger charge is 2.10. The molecule has 0 heterocycles. The summed E-state index contributed by atoms with van der Waals surface area (Å²) >= 11 is 0. The van der Waals surface area contributed by atoms with Crippen molar-refractivity contribution >= 4 is 23.4 Å². The lowest BCUT2D eigenvalue weighted by molar-refractivity contribution is 0.223. The number of benzene rings is 2. The summed E-state index contributed by atoms with van der Waals surface area (Å²) in [7, 11) is 0. The molecule has 0 bridgehead atoms. The van der Waals surface area contributed by atoms with Crippen LogP contribution < -0.4 is 21.3 Å². The van der Waals surface area contributed by atoms with Gasteiger partial charge in [0.05, 0.1) is 13.3 Å². The molecule has 0 spiro atoms. The average Bonchev–Trinajstić information content (AvgIpc) is 3.12. The molecular formula is C43H74N6O2. The van der Waals surface area contributed by atoms with Gasteiger partial charge in [-0.25, -0.2) is 9.59 Å². The van der Waals surface area contributed by atoms with Gasteiger partial charge in [0.25, 0.3) is 0 Å². The molecule has 0 saturated carbocycles. The van der Waals surface area contributed by atoms with Crippen LogP contribution in [0.15, 0.2) is 48.5 Å². The number of nitrogens with zero attached hydrogens (tertiary/aromatic N) is 2. The smallest absolute Gasteiger partial charge is 0.320 e. The lowest BCUT2D eigenvalue weighted by Gasteiger charge is -2.23. The molecule has 0 aliphatic rings. The van der Waals surface area contributed by atoms with Crippen LogP contribution in [0, 0.1) is 0 Å². The van der Waals surface area contributed by atoms with Gasteiger partial charge in [-0.3, -0.25) is 9.80 Å². The number of carbonyl (C=O) groups is 2. The molecule has 2 aromatic rings. The SMILES string of the molecule is CCCCCCCN(CCCCCC)CNC(=O)Nc1cccc(Cc2cccc(NC(=O)NCN(CCCCCC)CCCCCCC)c2)c1. The number of unbranched alkanes of at least 4 members (excludes halogenated alkanes) is 14. The number of hydrogen-bond acceptors (Lipinski definition) is 4. The first kappa shape index (κ1) is 44.1. The highest BCUT2D eigenvalue weighted by atomic mass is 16.2. The Bertz CT molecular complexity index is 1090. The summed E-state index contributed by atoms with van der Waals surface area (Å²) in [4.78, 5) is 30.6. The molecule has 0 aromatic heterocycles. The van der Waals surface area contributed by atoms with E-state index in [-0.39, 0.29) is 12.1 Å². The van der Waals surface area contributed by atoms with Crippen molar-refractivity contribution in [2.75, 3.05) is 50.1 Å². The van der Waals surface area contributed by atoms with Crippen LogP contribution in [-0.4, -0.2) is 61.4 Å². The Hall–Kier alpha value is -3.10. The molecule has 8 heteroatoms. The zero-order chi connectivity index (χ0) is 36.8. The van der Waals surface area contributed by atoms with Crippen molar-refractivity contribution in [3.63, 3.8) is 0 Å². The van der Waals surface area contributed by atoms with Crippen molar-refractivity contribution in [2.45, 2.75) is 150 Å². The molecule has 51 heavy (non-hydrogen) atoms. The molecule has 8 nitrogen and oxygen atoms in total. The molecule has 0 aliphatic carbocycles. The fraction of sp³-hybridized carbons (Fsp3) is 0.674. The maximum Gasteiger partial charge on any atom is 0.320 e. The first-order valence-corrected chi connectivity index (χ1v) is 20.7. The molecule has 0 unspecified atom stereocenters. The third-order valence-electron chi connectivity index (χ3n) is 9.52. The first-order chi connectivity index (χ1) is 25.0. The Labute approximate surface area is 312 Å². The number of urea groups is 2. The van der Waals surface area contributed by atoms with E-state index >= 15 is 0 Å². The summed E-state index contributed by atoms with van der Waals surface area (Å²) in [6, 6.07) is 15.7. The molecule has 0 radical (unpaired) electrons. The van der Waals surface area contributed by atoms with E-state index in [0.29, 0.717) is 19.8 Å². The minimum absolute atomic E-state index is 0.176. The van der Waals surface area contributed by atoms with Crippen LogP contribution in [0.25, 0.3) is 0 Å². The van der Waals surface area contributed by atoms with E-state index in [1.54, 1.807) is 0 Å². The first-order valence-electron chi connectivity index (χ1n) is 20.7. The minimum atomic E-state index is -0.176. The lowest BCUT2D eigenvalue weighted by Crippen LogP contribution is -2.40. The fourth-order valence-electron chi connectivity index (χ4n) is 6.41. The predicted octanol–water partition coefficient (Wildman–Crippen LogP) is 11.1. The Balaban J connectivity index is 1.86. The zero-order valence-corrected chi connectivity index (χ0v) is 33.0. The third kappa shape index (κ3) is 22.4. The molecule has 0 aliphatic heterocycles. The molecule has 0 fully saturated rings. The summed E-state index contributed by atoms with van der Waals surface area (Å²) in [5.74, 6) is 0. The number of nitrogens with one attached hydrogen (secondary N) is 4. The fourth-order valence-corrected chi connectivity index (χ4v) is 6.41. The van der Waals surface area contributed by atoms with Crippen LogP contribution in [0.2, 0.25) is 0 Å². The number of carbonyl (C=O) groups excluding carboxylic acids is 2.